The van der Waals surface area contributed by atoms with Crippen LogP contribution in [0.25, 0.3) is 0 Å². The van der Waals surface area contributed by atoms with Gasteiger partial charge in [0.15, 0.2) is 5.96 Å². The maximum absolute atomic E-state index is 10.1. The molecule has 0 spiro atoms. The summed E-state index contributed by atoms with van der Waals surface area (Å²) in [5.74, 6) is 2.16. The lowest BCUT2D eigenvalue weighted by Crippen LogP contribution is -2.52. The Morgan fingerprint density at radius 1 is 1.14 bits per heavy atom. The minimum Gasteiger partial charge on any atom is -0.506 e. The molecule has 0 unspecified atom stereocenters. The first-order valence-corrected chi connectivity index (χ1v) is 9.82. The number of benzene rings is 2. The third kappa shape index (κ3) is 4.68. The van der Waals surface area contributed by atoms with E-state index in [1.54, 1.807) is 13.2 Å². The molecule has 28 heavy (non-hydrogen) atoms. The molecule has 2 N–H and O–H groups in total. The predicted octanol–water partition coefficient (Wildman–Crippen LogP) is 3.00. The molecule has 1 fully saturated rings. The number of nitrogens with one attached hydrogen (secondary N) is 1. The van der Waals surface area contributed by atoms with E-state index >= 15 is 0 Å². The average molecular weight is 383 g/mol. The number of anilines is 1. The summed E-state index contributed by atoms with van der Waals surface area (Å²) in [6.07, 6.45) is 0. The van der Waals surface area contributed by atoms with E-state index in [0.717, 1.165) is 61.2 Å². The normalized spacial score (nSPS) is 14.9. The summed E-state index contributed by atoms with van der Waals surface area (Å²) in [6, 6.07) is 13.7. The van der Waals surface area contributed by atoms with Crippen molar-refractivity contribution in [2.45, 2.75) is 20.4 Å². The van der Waals surface area contributed by atoms with Crippen molar-refractivity contribution in [3.63, 3.8) is 0 Å². The Morgan fingerprint density at radius 3 is 2.57 bits per heavy atom. The van der Waals surface area contributed by atoms with Crippen molar-refractivity contribution in [2.75, 3.05) is 44.7 Å². The van der Waals surface area contributed by atoms with Gasteiger partial charge in [0.2, 0.25) is 0 Å². The number of aryl methyl sites for hydroxylation is 1. The molecule has 1 aliphatic rings. The highest BCUT2D eigenvalue weighted by atomic mass is 16.5. The van der Waals surface area contributed by atoms with E-state index in [9.17, 15) is 5.11 Å². The van der Waals surface area contributed by atoms with Gasteiger partial charge in [-0.05, 0) is 43.2 Å². The zero-order chi connectivity index (χ0) is 19.9. The van der Waals surface area contributed by atoms with Crippen molar-refractivity contribution in [3.05, 3.63) is 53.6 Å². The summed E-state index contributed by atoms with van der Waals surface area (Å²) in [4.78, 5) is 9.34. The molecule has 6 nitrogen and oxygen atoms in total. The van der Waals surface area contributed by atoms with E-state index in [4.69, 9.17) is 9.73 Å². The van der Waals surface area contributed by atoms with Crippen LogP contribution in [0.4, 0.5) is 5.69 Å². The monoisotopic (exact) mass is 382 g/mol. The smallest absolute Gasteiger partial charge is 0.194 e. The van der Waals surface area contributed by atoms with Gasteiger partial charge in [-0.25, -0.2) is 4.99 Å². The molecule has 0 amide bonds. The summed E-state index contributed by atoms with van der Waals surface area (Å²) < 4.78 is 5.42. The molecule has 2 aromatic rings. The highest BCUT2D eigenvalue weighted by Crippen LogP contribution is 2.27. The number of hydrogen-bond acceptors (Lipinski definition) is 4. The van der Waals surface area contributed by atoms with E-state index in [-0.39, 0.29) is 0 Å². The second-order valence-corrected chi connectivity index (χ2v) is 6.94. The SMILES string of the molecule is CCNC(=NCc1ccc(C)c(OC)c1)N1CCN(c2ccccc2O)CC1. The van der Waals surface area contributed by atoms with Crippen molar-refractivity contribution in [1.82, 2.24) is 10.2 Å². The first kappa shape index (κ1) is 19.9. The van der Waals surface area contributed by atoms with Gasteiger partial charge in [0.05, 0.1) is 19.3 Å². The van der Waals surface area contributed by atoms with Gasteiger partial charge in [0, 0.05) is 32.7 Å². The van der Waals surface area contributed by atoms with Crippen LogP contribution in [0.15, 0.2) is 47.5 Å². The molecule has 0 radical (unpaired) electrons. The number of methoxy groups -OCH3 is 1. The molecule has 1 saturated heterocycles. The minimum absolute atomic E-state index is 0.338. The Morgan fingerprint density at radius 2 is 1.89 bits per heavy atom. The molecule has 0 saturated carbocycles. The number of para-hydroxylation sites is 2. The largest absolute Gasteiger partial charge is 0.506 e. The van der Waals surface area contributed by atoms with Gasteiger partial charge >= 0.3 is 0 Å². The fraction of sp³-hybridized carbons (Fsp3) is 0.409. The van der Waals surface area contributed by atoms with Crippen LogP contribution >= 0.6 is 0 Å². The summed E-state index contributed by atoms with van der Waals surface area (Å²) in [5.41, 5.74) is 3.16. The Kier molecular flexibility index (Phi) is 6.63. The average Bonchev–Trinajstić information content (AvgIpc) is 2.72. The molecule has 1 aliphatic heterocycles. The van der Waals surface area contributed by atoms with Gasteiger partial charge in [-0.2, -0.15) is 0 Å². The first-order chi connectivity index (χ1) is 13.6. The molecule has 0 atom stereocenters. The number of aromatic hydroxyl groups is 1. The Labute approximate surface area is 167 Å². The Hall–Kier alpha value is -2.89. The predicted molar refractivity (Wildman–Crippen MR) is 114 cm³/mol. The van der Waals surface area contributed by atoms with Gasteiger partial charge in [-0.1, -0.05) is 24.3 Å². The zero-order valence-electron chi connectivity index (χ0n) is 17.0. The van der Waals surface area contributed by atoms with Crippen molar-refractivity contribution in [1.29, 1.82) is 0 Å². The van der Waals surface area contributed by atoms with Crippen LogP contribution in [-0.4, -0.2) is 55.8 Å². The number of guanidine groups is 1. The van der Waals surface area contributed by atoms with E-state index in [1.807, 2.05) is 25.1 Å². The number of rotatable bonds is 5. The Balaban J connectivity index is 1.66. The third-order valence-electron chi connectivity index (χ3n) is 5.02. The zero-order valence-corrected chi connectivity index (χ0v) is 17.0. The van der Waals surface area contributed by atoms with Crippen LogP contribution in [0, 0.1) is 6.92 Å². The van der Waals surface area contributed by atoms with Crippen molar-refractivity contribution >= 4 is 11.6 Å². The lowest BCUT2D eigenvalue weighted by molar-refractivity contribution is 0.369. The number of phenols is 1. The fourth-order valence-corrected chi connectivity index (χ4v) is 3.45. The second kappa shape index (κ2) is 9.35. The third-order valence-corrected chi connectivity index (χ3v) is 5.02. The van der Waals surface area contributed by atoms with Crippen LogP contribution in [0.5, 0.6) is 11.5 Å². The van der Waals surface area contributed by atoms with E-state index in [0.29, 0.717) is 12.3 Å². The van der Waals surface area contributed by atoms with Gasteiger partial charge in [0.1, 0.15) is 11.5 Å². The topological polar surface area (TPSA) is 60.3 Å². The Bertz CT molecular complexity index is 814. The van der Waals surface area contributed by atoms with E-state index in [2.05, 4.69) is 40.2 Å². The highest BCUT2D eigenvalue weighted by Gasteiger charge is 2.21. The summed E-state index contributed by atoms with van der Waals surface area (Å²) in [5, 5.41) is 13.5. The standard InChI is InChI=1S/C22H30N4O2/c1-4-23-22(24-16-18-10-9-17(2)21(15-18)28-3)26-13-11-25(12-14-26)19-7-5-6-8-20(19)27/h5-10,15,27H,4,11-14,16H2,1-3H3,(H,23,24). The van der Waals surface area contributed by atoms with E-state index < -0.39 is 0 Å². The molecule has 2 aromatic carbocycles. The minimum atomic E-state index is 0.338. The fourth-order valence-electron chi connectivity index (χ4n) is 3.45. The number of aliphatic imine (C=N–C) groups is 1. The number of piperazine rings is 1. The van der Waals surface area contributed by atoms with Gasteiger partial charge in [0.25, 0.3) is 0 Å². The molecule has 150 valence electrons. The van der Waals surface area contributed by atoms with Crippen molar-refractivity contribution < 1.29 is 9.84 Å². The van der Waals surface area contributed by atoms with Gasteiger partial charge in [-0.3, -0.25) is 0 Å². The molecule has 1 heterocycles. The van der Waals surface area contributed by atoms with Gasteiger partial charge in [-0.15, -0.1) is 0 Å². The number of phenolic OH excluding ortho intramolecular Hbond substituents is 1. The molecular formula is C22H30N4O2. The number of nitrogens with zero attached hydrogens (tertiary/aromatic N) is 3. The first-order valence-electron chi connectivity index (χ1n) is 9.82. The number of ether oxygens (including phenoxy) is 1. The summed E-state index contributed by atoms with van der Waals surface area (Å²) >= 11 is 0. The van der Waals surface area contributed by atoms with Gasteiger partial charge < -0.3 is 25.0 Å². The van der Waals surface area contributed by atoms with Crippen LogP contribution in [-0.2, 0) is 6.54 Å². The lowest BCUT2D eigenvalue weighted by atomic mass is 10.1. The van der Waals surface area contributed by atoms with Crippen molar-refractivity contribution in [3.8, 4) is 11.5 Å². The molecule has 0 aromatic heterocycles. The molecule has 6 heteroatoms. The summed E-state index contributed by atoms with van der Waals surface area (Å²) in [6.45, 7) is 8.98. The van der Waals surface area contributed by atoms with Crippen LogP contribution in [0.2, 0.25) is 0 Å². The molecule has 3 rings (SSSR count). The van der Waals surface area contributed by atoms with Crippen molar-refractivity contribution in [2.24, 2.45) is 4.99 Å². The highest BCUT2D eigenvalue weighted by molar-refractivity contribution is 5.80. The molecule has 0 aliphatic carbocycles. The maximum atomic E-state index is 10.1. The quantitative estimate of drug-likeness (QED) is 0.615. The molecule has 0 bridgehead atoms. The van der Waals surface area contributed by atoms with Crippen LogP contribution < -0.4 is 15.0 Å². The van der Waals surface area contributed by atoms with E-state index in [1.165, 1.54) is 0 Å². The van der Waals surface area contributed by atoms with Crippen LogP contribution in [0.1, 0.15) is 18.1 Å². The van der Waals surface area contributed by atoms with Crippen LogP contribution in [0.3, 0.4) is 0 Å². The maximum Gasteiger partial charge on any atom is 0.194 e. The molecular weight excluding hydrogens is 352 g/mol. The number of hydrogen-bond donors (Lipinski definition) is 2. The lowest BCUT2D eigenvalue weighted by Gasteiger charge is -2.37. The summed E-state index contributed by atoms with van der Waals surface area (Å²) in [7, 11) is 1.70. The second-order valence-electron chi connectivity index (χ2n) is 6.94.